The zero-order valence-electron chi connectivity index (χ0n) is 11.0. The molecule has 0 aliphatic rings. The van der Waals surface area contributed by atoms with E-state index in [9.17, 15) is 5.11 Å². The Kier molecular flexibility index (Phi) is 3.52. The molecule has 0 saturated heterocycles. The fourth-order valence-electron chi connectivity index (χ4n) is 2.10. The number of thioether (sulfide) groups is 1. The van der Waals surface area contributed by atoms with Gasteiger partial charge < -0.3 is 9.84 Å². The summed E-state index contributed by atoms with van der Waals surface area (Å²) in [7, 11) is 0. The number of hydrogen-bond donors (Lipinski definition) is 1. The van der Waals surface area contributed by atoms with E-state index in [-0.39, 0.29) is 5.75 Å². The Bertz CT molecular complexity index is 736. The first-order chi connectivity index (χ1) is 9.78. The Morgan fingerprint density at radius 2 is 1.65 bits per heavy atom. The second kappa shape index (κ2) is 5.47. The third kappa shape index (κ3) is 2.45. The number of phenols is 1. The van der Waals surface area contributed by atoms with Crippen molar-refractivity contribution in [1.82, 2.24) is 0 Å². The molecule has 0 atom stereocenters. The minimum Gasteiger partial charge on any atom is -0.504 e. The number of ether oxygens (including phenoxy) is 1. The molecule has 1 N–H and O–H groups in total. The molecule has 0 amide bonds. The van der Waals surface area contributed by atoms with Crippen LogP contribution >= 0.6 is 11.8 Å². The van der Waals surface area contributed by atoms with Crippen molar-refractivity contribution in [1.29, 1.82) is 0 Å². The van der Waals surface area contributed by atoms with Crippen LogP contribution in [-0.2, 0) is 0 Å². The zero-order valence-corrected chi connectivity index (χ0v) is 11.9. The Hall–Kier alpha value is -2.13. The van der Waals surface area contributed by atoms with E-state index in [0.29, 0.717) is 5.75 Å². The quantitative estimate of drug-likeness (QED) is 0.681. The van der Waals surface area contributed by atoms with Gasteiger partial charge in [-0.2, -0.15) is 0 Å². The lowest BCUT2D eigenvalue weighted by atomic mass is 10.1. The largest absolute Gasteiger partial charge is 0.504 e. The number of phenolic OH excluding ortho intramolecular Hbond substituents is 1. The van der Waals surface area contributed by atoms with Gasteiger partial charge in [-0.3, -0.25) is 0 Å². The third-order valence-electron chi connectivity index (χ3n) is 3.14. The van der Waals surface area contributed by atoms with Gasteiger partial charge in [-0.25, -0.2) is 0 Å². The Labute approximate surface area is 122 Å². The molecule has 3 aromatic carbocycles. The first-order valence-corrected chi connectivity index (χ1v) is 7.53. The van der Waals surface area contributed by atoms with E-state index in [0.717, 1.165) is 16.5 Å². The maximum Gasteiger partial charge on any atom is 0.176 e. The smallest absolute Gasteiger partial charge is 0.176 e. The molecule has 20 heavy (non-hydrogen) atoms. The van der Waals surface area contributed by atoms with Crippen LogP contribution in [-0.4, -0.2) is 11.4 Å². The van der Waals surface area contributed by atoms with Crippen LogP contribution in [0.1, 0.15) is 0 Å². The molecule has 0 aromatic heterocycles. The van der Waals surface area contributed by atoms with Gasteiger partial charge in [0.25, 0.3) is 0 Å². The average Bonchev–Trinajstić information content (AvgIpc) is 2.51. The van der Waals surface area contributed by atoms with Gasteiger partial charge in [0, 0.05) is 10.3 Å². The lowest BCUT2D eigenvalue weighted by molar-refractivity contribution is 0.415. The van der Waals surface area contributed by atoms with Crippen LogP contribution in [0.15, 0.2) is 65.6 Å². The molecule has 0 aliphatic heterocycles. The predicted octanol–water partition coefficient (Wildman–Crippen LogP) is 5.06. The van der Waals surface area contributed by atoms with Crippen molar-refractivity contribution in [3.63, 3.8) is 0 Å². The van der Waals surface area contributed by atoms with Crippen LogP contribution in [0.4, 0.5) is 0 Å². The summed E-state index contributed by atoms with van der Waals surface area (Å²) >= 11 is 1.68. The fourth-order valence-corrected chi connectivity index (χ4v) is 2.51. The highest BCUT2D eigenvalue weighted by Crippen LogP contribution is 2.38. The Morgan fingerprint density at radius 3 is 2.40 bits per heavy atom. The topological polar surface area (TPSA) is 29.5 Å². The van der Waals surface area contributed by atoms with Gasteiger partial charge in [0.2, 0.25) is 0 Å². The third-order valence-corrected chi connectivity index (χ3v) is 3.88. The maximum atomic E-state index is 10.0. The normalized spacial score (nSPS) is 10.7. The Morgan fingerprint density at radius 1 is 0.900 bits per heavy atom. The van der Waals surface area contributed by atoms with E-state index >= 15 is 0 Å². The zero-order chi connectivity index (χ0) is 13.9. The van der Waals surface area contributed by atoms with Crippen molar-refractivity contribution in [3.05, 3.63) is 60.7 Å². The molecule has 0 aliphatic carbocycles. The van der Waals surface area contributed by atoms with Crippen LogP contribution in [0, 0.1) is 0 Å². The van der Waals surface area contributed by atoms with Crippen molar-refractivity contribution in [3.8, 4) is 17.2 Å². The number of fused-ring (bicyclic) bond motifs is 1. The number of aromatic hydroxyl groups is 1. The molecule has 2 nitrogen and oxygen atoms in total. The van der Waals surface area contributed by atoms with Crippen LogP contribution in [0.3, 0.4) is 0 Å². The van der Waals surface area contributed by atoms with Crippen molar-refractivity contribution < 1.29 is 9.84 Å². The fraction of sp³-hybridized carbons (Fsp3) is 0.0588. The minimum atomic E-state index is 0.151. The van der Waals surface area contributed by atoms with Gasteiger partial charge in [-0.05, 0) is 42.0 Å². The molecule has 0 spiro atoms. The van der Waals surface area contributed by atoms with E-state index in [4.69, 9.17) is 4.74 Å². The van der Waals surface area contributed by atoms with Gasteiger partial charge >= 0.3 is 0 Å². The van der Waals surface area contributed by atoms with E-state index in [1.165, 1.54) is 4.90 Å². The average molecular weight is 282 g/mol. The highest BCUT2D eigenvalue weighted by molar-refractivity contribution is 7.98. The first-order valence-electron chi connectivity index (χ1n) is 6.30. The summed E-state index contributed by atoms with van der Waals surface area (Å²) in [6.45, 7) is 0. The van der Waals surface area contributed by atoms with Crippen molar-refractivity contribution >= 4 is 22.5 Å². The van der Waals surface area contributed by atoms with Crippen LogP contribution in [0.25, 0.3) is 10.8 Å². The van der Waals surface area contributed by atoms with E-state index in [1.807, 2.05) is 60.9 Å². The highest BCUT2D eigenvalue weighted by Gasteiger charge is 2.09. The Balaban J connectivity index is 2.02. The van der Waals surface area contributed by atoms with E-state index in [2.05, 4.69) is 0 Å². The molecule has 0 fully saturated rings. The molecular formula is C17H14O2S. The highest BCUT2D eigenvalue weighted by atomic mass is 32.2. The lowest BCUT2D eigenvalue weighted by Gasteiger charge is -2.11. The SMILES string of the molecule is CSc1ccc(Oc2c(O)ccc3ccccc23)cc1. The predicted molar refractivity (Wildman–Crippen MR) is 83.9 cm³/mol. The van der Waals surface area contributed by atoms with Gasteiger partial charge in [-0.15, -0.1) is 11.8 Å². The standard InChI is InChI=1S/C17H14O2S/c1-20-14-9-7-13(8-10-14)19-17-15-5-3-2-4-12(15)6-11-16(17)18/h2-11,18H,1H3. The molecule has 3 aromatic rings. The van der Waals surface area contributed by atoms with E-state index < -0.39 is 0 Å². The number of benzene rings is 3. The number of rotatable bonds is 3. The van der Waals surface area contributed by atoms with Gasteiger partial charge in [-0.1, -0.05) is 30.3 Å². The van der Waals surface area contributed by atoms with Crippen LogP contribution in [0.5, 0.6) is 17.2 Å². The molecule has 0 heterocycles. The summed E-state index contributed by atoms with van der Waals surface area (Å²) in [5, 5.41) is 12.0. The monoisotopic (exact) mass is 282 g/mol. The molecule has 0 bridgehead atoms. The van der Waals surface area contributed by atoms with Gasteiger partial charge in [0.05, 0.1) is 0 Å². The maximum absolute atomic E-state index is 10.0. The number of hydrogen-bond acceptors (Lipinski definition) is 3. The summed E-state index contributed by atoms with van der Waals surface area (Å²) in [6, 6.07) is 19.2. The molecule has 3 rings (SSSR count). The summed E-state index contributed by atoms with van der Waals surface area (Å²) in [6.07, 6.45) is 2.03. The van der Waals surface area contributed by atoms with Gasteiger partial charge in [0.15, 0.2) is 11.5 Å². The summed E-state index contributed by atoms with van der Waals surface area (Å²) in [5.41, 5.74) is 0. The second-order valence-electron chi connectivity index (χ2n) is 4.41. The molecule has 0 unspecified atom stereocenters. The van der Waals surface area contributed by atoms with Crippen LogP contribution in [0.2, 0.25) is 0 Å². The van der Waals surface area contributed by atoms with Crippen molar-refractivity contribution in [2.45, 2.75) is 4.90 Å². The summed E-state index contributed by atoms with van der Waals surface area (Å²) in [4.78, 5) is 1.18. The van der Waals surface area contributed by atoms with Crippen molar-refractivity contribution in [2.24, 2.45) is 0 Å². The van der Waals surface area contributed by atoms with Crippen molar-refractivity contribution in [2.75, 3.05) is 6.26 Å². The first kappa shape index (κ1) is 12.9. The summed E-state index contributed by atoms with van der Waals surface area (Å²) in [5.74, 6) is 1.37. The molecular weight excluding hydrogens is 268 g/mol. The molecule has 3 heteroatoms. The lowest BCUT2D eigenvalue weighted by Crippen LogP contribution is -1.87. The molecule has 0 radical (unpaired) electrons. The summed E-state index contributed by atoms with van der Waals surface area (Å²) < 4.78 is 5.86. The molecule has 0 saturated carbocycles. The van der Waals surface area contributed by atoms with E-state index in [1.54, 1.807) is 17.8 Å². The molecule has 100 valence electrons. The van der Waals surface area contributed by atoms with Crippen LogP contribution < -0.4 is 4.74 Å². The second-order valence-corrected chi connectivity index (χ2v) is 5.29. The van der Waals surface area contributed by atoms with Gasteiger partial charge in [0.1, 0.15) is 5.75 Å². The minimum absolute atomic E-state index is 0.151.